The van der Waals surface area contributed by atoms with Gasteiger partial charge < -0.3 is 9.84 Å². The molecule has 0 aliphatic heterocycles. The highest BCUT2D eigenvalue weighted by Gasteiger charge is 2.05. The second-order valence-electron chi connectivity index (χ2n) is 4.10. The van der Waals surface area contributed by atoms with Crippen molar-refractivity contribution in [1.29, 1.82) is 0 Å². The van der Waals surface area contributed by atoms with Crippen LogP contribution in [0.2, 0.25) is 0 Å². The lowest BCUT2D eigenvalue weighted by Gasteiger charge is -2.10. The summed E-state index contributed by atoms with van der Waals surface area (Å²) in [6.07, 6.45) is 1.84. The average Bonchev–Trinajstić information content (AvgIpc) is 2.40. The maximum atomic E-state index is 9.36. The average molecular weight is 243 g/mol. The molecule has 2 rings (SSSR count). The molecule has 1 heterocycles. The van der Waals surface area contributed by atoms with Gasteiger partial charge >= 0.3 is 0 Å². The van der Waals surface area contributed by atoms with E-state index in [-0.39, 0.29) is 6.61 Å². The molecule has 0 aliphatic carbocycles. The lowest BCUT2D eigenvalue weighted by Crippen LogP contribution is -1.97. The first-order chi connectivity index (χ1) is 8.74. The number of aliphatic hydroxyl groups excluding tert-OH is 1. The Bertz CT molecular complexity index is 521. The van der Waals surface area contributed by atoms with Gasteiger partial charge in [-0.3, -0.25) is 4.98 Å². The van der Waals surface area contributed by atoms with E-state index in [9.17, 15) is 5.11 Å². The molecule has 0 atom stereocenters. The molecule has 1 aromatic heterocycles. The van der Waals surface area contributed by atoms with Crippen molar-refractivity contribution in [2.75, 3.05) is 6.61 Å². The predicted molar refractivity (Wildman–Crippen MR) is 71.5 cm³/mol. The van der Waals surface area contributed by atoms with Gasteiger partial charge in [0.05, 0.1) is 13.2 Å². The summed E-state index contributed by atoms with van der Waals surface area (Å²) in [6, 6.07) is 9.82. The normalized spacial score (nSPS) is 10.4. The van der Waals surface area contributed by atoms with Gasteiger partial charge in [-0.15, -0.1) is 0 Å². The maximum Gasteiger partial charge on any atom is 0.124 e. The number of aromatic nitrogens is 1. The molecule has 18 heavy (non-hydrogen) atoms. The van der Waals surface area contributed by atoms with Gasteiger partial charge in [-0.2, -0.15) is 0 Å². The Labute approximate surface area is 107 Å². The molecule has 0 spiro atoms. The zero-order chi connectivity index (χ0) is 13.0. The van der Waals surface area contributed by atoms with Crippen LogP contribution in [0.4, 0.5) is 0 Å². The number of nitrogens with zero attached hydrogens (tertiary/aromatic N) is 1. The first-order valence-electron chi connectivity index (χ1n) is 6.04. The largest absolute Gasteiger partial charge is 0.494 e. The summed E-state index contributed by atoms with van der Waals surface area (Å²) in [7, 11) is 0. The molecular formula is C15H17NO2. The molecule has 0 bridgehead atoms. The van der Waals surface area contributed by atoms with Gasteiger partial charge in [0.25, 0.3) is 0 Å². The first-order valence-corrected chi connectivity index (χ1v) is 6.04. The van der Waals surface area contributed by atoms with E-state index in [0.29, 0.717) is 6.61 Å². The number of pyridine rings is 1. The number of aryl methyl sites for hydroxylation is 1. The van der Waals surface area contributed by atoms with Gasteiger partial charge in [-0.05, 0) is 37.6 Å². The molecule has 1 aromatic carbocycles. The van der Waals surface area contributed by atoms with Crippen molar-refractivity contribution in [2.45, 2.75) is 20.5 Å². The summed E-state index contributed by atoms with van der Waals surface area (Å²) in [4.78, 5) is 4.28. The molecule has 0 radical (unpaired) electrons. The summed E-state index contributed by atoms with van der Waals surface area (Å²) in [5.41, 5.74) is 3.87. The number of hydrogen-bond acceptors (Lipinski definition) is 3. The van der Waals surface area contributed by atoms with Gasteiger partial charge in [-0.1, -0.05) is 12.1 Å². The fraction of sp³-hybridized carbons (Fsp3) is 0.267. The summed E-state index contributed by atoms with van der Waals surface area (Å²) in [5, 5.41) is 9.36. The van der Waals surface area contributed by atoms with Crippen molar-refractivity contribution in [3.8, 4) is 16.9 Å². The molecule has 94 valence electrons. The highest BCUT2D eigenvalue weighted by molar-refractivity contribution is 5.64. The van der Waals surface area contributed by atoms with Crippen LogP contribution in [-0.2, 0) is 6.61 Å². The fourth-order valence-electron chi connectivity index (χ4n) is 1.82. The summed E-state index contributed by atoms with van der Waals surface area (Å²) in [6.45, 7) is 4.46. The lowest BCUT2D eigenvalue weighted by molar-refractivity contribution is 0.267. The standard InChI is InChI=1S/C15H17NO2/c1-3-18-15-7-6-12(8-14(15)10-17)13-5-4-11(2)16-9-13/h4-9,17H,3,10H2,1-2H3. The minimum absolute atomic E-state index is 0.0253. The Kier molecular flexibility index (Phi) is 3.95. The Morgan fingerprint density at radius 1 is 1.17 bits per heavy atom. The van der Waals surface area contributed by atoms with Crippen LogP contribution in [0, 0.1) is 6.92 Å². The summed E-state index contributed by atoms with van der Waals surface area (Å²) in [5.74, 6) is 0.740. The molecule has 0 amide bonds. The highest BCUT2D eigenvalue weighted by atomic mass is 16.5. The molecular weight excluding hydrogens is 226 g/mol. The number of aliphatic hydroxyl groups is 1. The van der Waals surface area contributed by atoms with Crippen LogP contribution in [0.25, 0.3) is 11.1 Å². The van der Waals surface area contributed by atoms with Crippen molar-refractivity contribution in [3.05, 3.63) is 47.8 Å². The predicted octanol–water partition coefficient (Wildman–Crippen LogP) is 2.95. The Balaban J connectivity index is 2.37. The van der Waals surface area contributed by atoms with Crippen molar-refractivity contribution in [2.24, 2.45) is 0 Å². The van der Waals surface area contributed by atoms with Gasteiger partial charge in [0, 0.05) is 23.0 Å². The van der Waals surface area contributed by atoms with E-state index < -0.39 is 0 Å². The highest BCUT2D eigenvalue weighted by Crippen LogP contribution is 2.26. The molecule has 1 N–H and O–H groups in total. The van der Waals surface area contributed by atoms with Crippen LogP contribution in [0.5, 0.6) is 5.75 Å². The molecule has 3 heteroatoms. The lowest BCUT2D eigenvalue weighted by atomic mass is 10.0. The first kappa shape index (κ1) is 12.6. The van der Waals surface area contributed by atoms with E-state index in [1.54, 1.807) is 0 Å². The fourth-order valence-corrected chi connectivity index (χ4v) is 1.82. The van der Waals surface area contributed by atoms with Gasteiger partial charge in [0.15, 0.2) is 0 Å². The van der Waals surface area contributed by atoms with Gasteiger partial charge in [-0.25, -0.2) is 0 Å². The Hall–Kier alpha value is -1.87. The zero-order valence-electron chi connectivity index (χ0n) is 10.7. The number of hydrogen-bond donors (Lipinski definition) is 1. The maximum absolute atomic E-state index is 9.36. The van der Waals surface area contributed by atoms with Crippen molar-refractivity contribution in [1.82, 2.24) is 4.98 Å². The minimum atomic E-state index is -0.0253. The number of rotatable bonds is 4. The van der Waals surface area contributed by atoms with Crippen LogP contribution >= 0.6 is 0 Å². The third-order valence-corrected chi connectivity index (χ3v) is 2.78. The molecule has 0 unspecified atom stereocenters. The summed E-state index contributed by atoms with van der Waals surface area (Å²) >= 11 is 0. The molecule has 0 aliphatic rings. The van der Waals surface area contributed by atoms with E-state index in [4.69, 9.17) is 4.74 Å². The molecule has 0 saturated heterocycles. The molecule has 2 aromatic rings. The van der Waals surface area contributed by atoms with E-state index in [0.717, 1.165) is 28.1 Å². The van der Waals surface area contributed by atoms with Crippen LogP contribution in [0.15, 0.2) is 36.5 Å². The Morgan fingerprint density at radius 2 is 1.94 bits per heavy atom. The van der Waals surface area contributed by atoms with E-state index in [2.05, 4.69) is 4.98 Å². The third kappa shape index (κ3) is 2.68. The second-order valence-corrected chi connectivity index (χ2v) is 4.10. The van der Waals surface area contributed by atoms with Crippen molar-refractivity contribution < 1.29 is 9.84 Å². The third-order valence-electron chi connectivity index (χ3n) is 2.78. The van der Waals surface area contributed by atoms with Crippen LogP contribution < -0.4 is 4.74 Å². The minimum Gasteiger partial charge on any atom is -0.494 e. The van der Waals surface area contributed by atoms with Gasteiger partial charge in [0.1, 0.15) is 5.75 Å². The molecule has 0 saturated carbocycles. The van der Waals surface area contributed by atoms with Gasteiger partial charge in [0.2, 0.25) is 0 Å². The zero-order valence-corrected chi connectivity index (χ0v) is 10.7. The molecule has 3 nitrogen and oxygen atoms in total. The second kappa shape index (κ2) is 5.65. The summed E-state index contributed by atoms with van der Waals surface area (Å²) < 4.78 is 5.46. The Morgan fingerprint density at radius 3 is 2.56 bits per heavy atom. The van der Waals surface area contributed by atoms with E-state index in [1.807, 2.05) is 50.4 Å². The number of benzene rings is 1. The van der Waals surface area contributed by atoms with E-state index in [1.165, 1.54) is 0 Å². The monoisotopic (exact) mass is 243 g/mol. The smallest absolute Gasteiger partial charge is 0.124 e. The quantitative estimate of drug-likeness (QED) is 0.897. The number of ether oxygens (including phenoxy) is 1. The van der Waals surface area contributed by atoms with Crippen LogP contribution in [0.3, 0.4) is 0 Å². The molecule has 0 fully saturated rings. The van der Waals surface area contributed by atoms with Crippen LogP contribution in [-0.4, -0.2) is 16.7 Å². The van der Waals surface area contributed by atoms with E-state index >= 15 is 0 Å². The van der Waals surface area contributed by atoms with Crippen molar-refractivity contribution in [3.63, 3.8) is 0 Å². The van der Waals surface area contributed by atoms with Crippen LogP contribution in [0.1, 0.15) is 18.2 Å². The topological polar surface area (TPSA) is 42.4 Å². The van der Waals surface area contributed by atoms with Crippen molar-refractivity contribution >= 4 is 0 Å². The SMILES string of the molecule is CCOc1ccc(-c2ccc(C)nc2)cc1CO.